The summed E-state index contributed by atoms with van der Waals surface area (Å²) in [6.07, 6.45) is 3.27. The van der Waals surface area contributed by atoms with Gasteiger partial charge < -0.3 is 28.9 Å². The van der Waals surface area contributed by atoms with E-state index in [1.54, 1.807) is 7.11 Å². The first-order valence-electron chi connectivity index (χ1n) is 18.3. The number of hydrogen-bond acceptors (Lipinski definition) is 7. The first kappa shape index (κ1) is 36.5. The van der Waals surface area contributed by atoms with E-state index in [4.69, 9.17) is 14.6 Å². The number of aliphatic carboxylic acids is 1. The summed E-state index contributed by atoms with van der Waals surface area (Å²) in [6, 6.07) is 30.3. The number of carbonyl (C=O) groups is 2. The number of ketones is 1. The molecule has 0 saturated carbocycles. The van der Waals surface area contributed by atoms with E-state index in [1.165, 1.54) is 5.56 Å². The highest BCUT2D eigenvalue weighted by atomic mass is 16.5. The number of rotatable bonds is 16. The summed E-state index contributed by atoms with van der Waals surface area (Å²) in [5.41, 5.74) is 6.39. The number of piperazine rings is 1. The Kier molecular flexibility index (Phi) is 11.8. The van der Waals surface area contributed by atoms with Crippen LogP contribution in [0.3, 0.4) is 0 Å². The average molecular weight is 703 g/mol. The summed E-state index contributed by atoms with van der Waals surface area (Å²) < 4.78 is 14.1. The molecule has 0 amide bonds. The van der Waals surface area contributed by atoms with Crippen molar-refractivity contribution in [3.63, 3.8) is 0 Å². The van der Waals surface area contributed by atoms with Crippen molar-refractivity contribution in [2.24, 2.45) is 0 Å². The highest BCUT2D eigenvalue weighted by Gasteiger charge is 2.22. The van der Waals surface area contributed by atoms with Gasteiger partial charge in [-0.15, -0.1) is 0 Å². The zero-order valence-corrected chi connectivity index (χ0v) is 30.8. The van der Waals surface area contributed by atoms with E-state index in [9.17, 15) is 9.59 Å². The van der Waals surface area contributed by atoms with Gasteiger partial charge in [-0.3, -0.25) is 14.5 Å². The number of aromatic nitrogens is 1. The minimum Gasteiger partial charge on any atom is -0.495 e. The van der Waals surface area contributed by atoms with Gasteiger partial charge >= 0.3 is 5.97 Å². The number of carbonyl (C=O) groups excluding carboxylic acids is 1. The van der Waals surface area contributed by atoms with E-state index in [0.717, 1.165) is 72.9 Å². The summed E-state index contributed by atoms with van der Waals surface area (Å²) in [5, 5.41) is 10.0. The van der Waals surface area contributed by atoms with Crippen LogP contribution in [0.2, 0.25) is 0 Å². The summed E-state index contributed by atoms with van der Waals surface area (Å²) in [4.78, 5) is 32.3. The third-order valence-electron chi connectivity index (χ3n) is 10.0. The van der Waals surface area contributed by atoms with Gasteiger partial charge in [0.2, 0.25) is 0 Å². The fourth-order valence-electron chi connectivity index (χ4n) is 7.01. The Labute approximate surface area is 307 Å². The molecule has 1 fully saturated rings. The molecular weight excluding hydrogens is 652 g/mol. The molecule has 2 heterocycles. The van der Waals surface area contributed by atoms with E-state index >= 15 is 0 Å². The summed E-state index contributed by atoms with van der Waals surface area (Å²) >= 11 is 0. The lowest BCUT2D eigenvalue weighted by molar-refractivity contribution is -0.137. The van der Waals surface area contributed by atoms with E-state index in [1.807, 2.05) is 72.4 Å². The van der Waals surface area contributed by atoms with Crippen LogP contribution in [0.5, 0.6) is 11.5 Å². The minimum atomic E-state index is -0.826. The van der Waals surface area contributed by atoms with Gasteiger partial charge in [0.25, 0.3) is 0 Å². The maximum atomic E-state index is 14.2. The van der Waals surface area contributed by atoms with Gasteiger partial charge in [0, 0.05) is 86.7 Å². The molecule has 0 unspecified atom stereocenters. The molecule has 0 aliphatic carbocycles. The first-order valence-corrected chi connectivity index (χ1v) is 18.3. The second-order valence-electron chi connectivity index (χ2n) is 13.8. The highest BCUT2D eigenvalue weighted by Crippen LogP contribution is 2.36. The van der Waals surface area contributed by atoms with Crippen LogP contribution in [0.15, 0.2) is 97.2 Å². The number of carboxylic acids is 1. The van der Waals surface area contributed by atoms with Gasteiger partial charge in [0.1, 0.15) is 11.5 Å². The van der Waals surface area contributed by atoms with Crippen LogP contribution >= 0.6 is 0 Å². The number of anilines is 3. The number of nitrogens with zero attached hydrogens (tertiary/aromatic N) is 4. The molecule has 1 aliphatic rings. The van der Waals surface area contributed by atoms with Crippen molar-refractivity contribution < 1.29 is 24.2 Å². The topological polar surface area (TPSA) is 87.5 Å². The second-order valence-corrected chi connectivity index (χ2v) is 13.8. The fraction of sp³-hybridized carbons (Fsp3) is 0.349. The van der Waals surface area contributed by atoms with Crippen molar-refractivity contribution >= 4 is 39.7 Å². The molecule has 1 aromatic heterocycles. The number of methoxy groups -OCH3 is 1. The number of aryl methyl sites for hydroxylation is 1. The summed E-state index contributed by atoms with van der Waals surface area (Å²) in [5.74, 6) is 1.08. The molecule has 0 radical (unpaired) electrons. The van der Waals surface area contributed by atoms with Crippen molar-refractivity contribution in [3.8, 4) is 11.5 Å². The Balaban J connectivity index is 1.18. The van der Waals surface area contributed by atoms with Crippen LogP contribution in [0.25, 0.3) is 10.9 Å². The van der Waals surface area contributed by atoms with E-state index in [2.05, 4.69) is 64.9 Å². The molecular formula is C43H50N4O5. The molecule has 272 valence electrons. The number of carboxylic acid groups (broad SMARTS) is 1. The maximum Gasteiger partial charge on any atom is 0.303 e. The molecule has 1 N–H and O–H groups in total. The third-order valence-corrected chi connectivity index (χ3v) is 10.0. The van der Waals surface area contributed by atoms with Crippen molar-refractivity contribution in [1.29, 1.82) is 0 Å². The van der Waals surface area contributed by atoms with Gasteiger partial charge in [0.05, 0.1) is 25.1 Å². The van der Waals surface area contributed by atoms with Crippen LogP contribution in [0.1, 0.15) is 60.5 Å². The average Bonchev–Trinajstić information content (AvgIpc) is 3.54. The highest BCUT2D eigenvalue weighted by molar-refractivity contribution is 6.16. The maximum absolute atomic E-state index is 14.2. The van der Waals surface area contributed by atoms with Crippen molar-refractivity contribution in [3.05, 3.63) is 114 Å². The van der Waals surface area contributed by atoms with Crippen LogP contribution in [-0.4, -0.2) is 79.8 Å². The minimum absolute atomic E-state index is 0.0742. The van der Waals surface area contributed by atoms with E-state index in [0.29, 0.717) is 42.4 Å². The summed E-state index contributed by atoms with van der Waals surface area (Å²) in [7, 11) is 3.75. The molecule has 5 aromatic rings. The molecule has 4 aromatic carbocycles. The summed E-state index contributed by atoms with van der Waals surface area (Å²) in [6.45, 7) is 10.1. The zero-order valence-electron chi connectivity index (χ0n) is 30.8. The van der Waals surface area contributed by atoms with E-state index < -0.39 is 5.97 Å². The van der Waals surface area contributed by atoms with Gasteiger partial charge in [-0.25, -0.2) is 0 Å². The number of hydrogen-bond donors (Lipinski definition) is 1. The Morgan fingerprint density at radius 3 is 2.31 bits per heavy atom. The number of para-hydroxylation sites is 3. The Bertz CT molecular complexity index is 1980. The van der Waals surface area contributed by atoms with Crippen LogP contribution in [-0.2, 0) is 11.3 Å². The van der Waals surface area contributed by atoms with Gasteiger partial charge in [0.15, 0.2) is 5.78 Å². The number of fused-ring (bicyclic) bond motifs is 1. The molecule has 1 saturated heterocycles. The molecule has 9 nitrogen and oxygen atoms in total. The quantitative estimate of drug-likeness (QED) is 0.0813. The predicted molar refractivity (Wildman–Crippen MR) is 209 cm³/mol. The first-order chi connectivity index (χ1) is 25.2. The largest absolute Gasteiger partial charge is 0.495 e. The van der Waals surface area contributed by atoms with Gasteiger partial charge in [-0.1, -0.05) is 56.3 Å². The lowest BCUT2D eigenvalue weighted by Crippen LogP contribution is -2.46. The zero-order chi connectivity index (χ0) is 36.6. The molecule has 6 rings (SSSR count). The Hall–Kier alpha value is -5.28. The standard InChI is InChI=1S/C43H50N4O5/c1-31(2)32-16-19-34(20-17-32)44(3)38-21-18-33(43(50)36-30-47(23-9-15-42(48)49)37-12-6-5-11-35(36)37)29-41(38)52-28-10-22-45-24-26-46(27-25-45)39-13-7-8-14-40(39)51-4/h5-8,11-14,16-21,29-31H,9-10,15,22-28H2,1-4H3,(H,48,49). The molecule has 9 heteroatoms. The smallest absolute Gasteiger partial charge is 0.303 e. The lowest BCUT2D eigenvalue weighted by Gasteiger charge is -2.36. The number of benzene rings is 4. The monoisotopic (exact) mass is 702 g/mol. The predicted octanol–water partition coefficient (Wildman–Crippen LogP) is 8.23. The second kappa shape index (κ2) is 16.8. The van der Waals surface area contributed by atoms with Gasteiger partial charge in [-0.05, 0) is 72.9 Å². The molecule has 0 bridgehead atoms. The Morgan fingerprint density at radius 2 is 1.58 bits per heavy atom. The SMILES string of the molecule is COc1ccccc1N1CCN(CCCOc2cc(C(=O)c3cn(CCCC(=O)O)c4ccccc34)ccc2N(C)c2ccc(C(C)C)cc2)CC1. The normalized spacial score (nSPS) is 13.4. The van der Waals surface area contributed by atoms with Crippen LogP contribution in [0, 0.1) is 0 Å². The third kappa shape index (κ3) is 8.43. The van der Waals surface area contributed by atoms with Crippen LogP contribution in [0.4, 0.5) is 17.1 Å². The van der Waals surface area contributed by atoms with Crippen molar-refractivity contribution in [1.82, 2.24) is 9.47 Å². The molecule has 52 heavy (non-hydrogen) atoms. The van der Waals surface area contributed by atoms with Gasteiger partial charge in [-0.2, -0.15) is 0 Å². The van der Waals surface area contributed by atoms with Crippen molar-refractivity contribution in [2.75, 3.05) is 63.3 Å². The van der Waals surface area contributed by atoms with Crippen LogP contribution < -0.4 is 19.3 Å². The fourth-order valence-corrected chi connectivity index (χ4v) is 7.01. The molecule has 0 spiro atoms. The van der Waals surface area contributed by atoms with E-state index in [-0.39, 0.29) is 12.2 Å². The van der Waals surface area contributed by atoms with Crippen molar-refractivity contribution in [2.45, 2.75) is 45.6 Å². The lowest BCUT2D eigenvalue weighted by atomic mass is 10.0. The number of ether oxygens (including phenoxy) is 2. The molecule has 0 atom stereocenters. The molecule has 1 aliphatic heterocycles. The Morgan fingerprint density at radius 1 is 0.846 bits per heavy atom.